The standard InChI is InChI=1S/C33H69N2O6P/c1-6-8-10-12-13-14-15-16-17-18-19-20-21-23-25-27-33(37)34-31(32(36)26-24-22-11-9-7-2)30-41-42(38,39)40-29-28-35(3,4)5/h31-32,36H,6-30H2,1-5H3,(H-,34,37,38,39). The molecule has 0 spiro atoms. The molecule has 252 valence electrons. The van der Waals surface area contributed by atoms with E-state index < -0.39 is 20.0 Å². The molecule has 3 unspecified atom stereocenters. The Bertz CT molecular complexity index is 673. The lowest BCUT2D eigenvalue weighted by Crippen LogP contribution is -2.46. The van der Waals surface area contributed by atoms with Crippen LogP contribution in [0.25, 0.3) is 0 Å². The zero-order chi connectivity index (χ0) is 31.5. The number of rotatable bonds is 31. The number of quaternary nitrogens is 1. The fourth-order valence-corrected chi connectivity index (χ4v) is 5.70. The second-order valence-electron chi connectivity index (χ2n) is 13.2. The molecule has 0 saturated heterocycles. The van der Waals surface area contributed by atoms with Crippen molar-refractivity contribution < 1.29 is 32.9 Å². The Morgan fingerprint density at radius 1 is 0.738 bits per heavy atom. The molecule has 0 aromatic heterocycles. The number of likely N-dealkylation sites (N-methyl/N-ethyl adjacent to an activating group) is 1. The molecule has 2 N–H and O–H groups in total. The van der Waals surface area contributed by atoms with E-state index in [1.165, 1.54) is 77.0 Å². The molecule has 8 nitrogen and oxygen atoms in total. The minimum Gasteiger partial charge on any atom is -0.756 e. The van der Waals surface area contributed by atoms with Gasteiger partial charge in [-0.3, -0.25) is 9.36 Å². The second kappa shape index (κ2) is 26.9. The van der Waals surface area contributed by atoms with Gasteiger partial charge in [-0.25, -0.2) is 0 Å². The summed E-state index contributed by atoms with van der Waals surface area (Å²) in [4.78, 5) is 24.9. The minimum atomic E-state index is -4.53. The third-order valence-electron chi connectivity index (χ3n) is 7.85. The van der Waals surface area contributed by atoms with E-state index in [4.69, 9.17) is 9.05 Å². The summed E-state index contributed by atoms with van der Waals surface area (Å²) in [5, 5.41) is 13.6. The van der Waals surface area contributed by atoms with Gasteiger partial charge < -0.3 is 28.8 Å². The van der Waals surface area contributed by atoms with Gasteiger partial charge in [-0.2, -0.15) is 0 Å². The average Bonchev–Trinajstić information content (AvgIpc) is 2.92. The van der Waals surface area contributed by atoms with Crippen LogP contribution in [0.5, 0.6) is 0 Å². The monoisotopic (exact) mass is 620 g/mol. The maximum absolute atomic E-state index is 12.7. The highest BCUT2D eigenvalue weighted by Crippen LogP contribution is 2.38. The zero-order valence-electron chi connectivity index (χ0n) is 28.2. The van der Waals surface area contributed by atoms with Gasteiger partial charge in [-0.15, -0.1) is 0 Å². The molecule has 0 fully saturated rings. The Balaban J connectivity index is 4.28. The molecular formula is C33H69N2O6P. The number of hydrogen-bond donors (Lipinski definition) is 2. The number of phosphoric ester groups is 1. The average molecular weight is 621 g/mol. The Morgan fingerprint density at radius 3 is 1.62 bits per heavy atom. The van der Waals surface area contributed by atoms with Crippen LogP contribution >= 0.6 is 7.82 Å². The van der Waals surface area contributed by atoms with Gasteiger partial charge in [0.25, 0.3) is 7.82 Å². The third-order valence-corrected chi connectivity index (χ3v) is 8.81. The van der Waals surface area contributed by atoms with E-state index in [0.29, 0.717) is 23.9 Å². The number of carbonyl (C=O) groups excluding carboxylic acids is 1. The number of nitrogens with one attached hydrogen (secondary N) is 1. The molecule has 42 heavy (non-hydrogen) atoms. The number of carbonyl (C=O) groups is 1. The number of unbranched alkanes of at least 4 members (excludes halogenated alkanes) is 18. The van der Waals surface area contributed by atoms with E-state index >= 15 is 0 Å². The van der Waals surface area contributed by atoms with Crippen molar-refractivity contribution in [1.29, 1.82) is 0 Å². The normalized spacial score (nSPS) is 14.9. The first-order valence-electron chi connectivity index (χ1n) is 17.4. The first-order valence-corrected chi connectivity index (χ1v) is 18.8. The first-order chi connectivity index (χ1) is 20.0. The van der Waals surface area contributed by atoms with E-state index in [-0.39, 0.29) is 19.1 Å². The van der Waals surface area contributed by atoms with Crippen LogP contribution in [0.4, 0.5) is 0 Å². The van der Waals surface area contributed by atoms with Gasteiger partial charge in [-0.05, 0) is 12.8 Å². The summed E-state index contributed by atoms with van der Waals surface area (Å²) in [6, 6.07) is -0.788. The van der Waals surface area contributed by atoms with Crippen LogP contribution in [-0.4, -0.2) is 68.5 Å². The first kappa shape index (κ1) is 41.5. The van der Waals surface area contributed by atoms with E-state index in [0.717, 1.165) is 51.4 Å². The van der Waals surface area contributed by atoms with Gasteiger partial charge in [0.1, 0.15) is 13.2 Å². The Hall–Kier alpha value is -0.500. The van der Waals surface area contributed by atoms with Crippen molar-refractivity contribution in [3.63, 3.8) is 0 Å². The largest absolute Gasteiger partial charge is 0.756 e. The maximum Gasteiger partial charge on any atom is 0.268 e. The molecule has 0 aromatic carbocycles. The van der Waals surface area contributed by atoms with Crippen LogP contribution in [0.3, 0.4) is 0 Å². The van der Waals surface area contributed by atoms with Crippen LogP contribution in [0.1, 0.15) is 155 Å². The zero-order valence-corrected chi connectivity index (χ0v) is 29.1. The molecule has 0 aliphatic carbocycles. The van der Waals surface area contributed by atoms with Crippen molar-refractivity contribution in [2.45, 2.75) is 167 Å². The highest BCUT2D eigenvalue weighted by Gasteiger charge is 2.24. The topological polar surface area (TPSA) is 108 Å². The number of phosphoric acid groups is 1. The van der Waals surface area contributed by atoms with Crippen molar-refractivity contribution in [3.05, 3.63) is 0 Å². The van der Waals surface area contributed by atoms with Crippen molar-refractivity contribution >= 4 is 13.7 Å². The summed E-state index contributed by atoms with van der Waals surface area (Å²) >= 11 is 0. The predicted octanol–water partition coefficient (Wildman–Crippen LogP) is 7.66. The van der Waals surface area contributed by atoms with E-state index in [9.17, 15) is 19.4 Å². The third kappa shape index (κ3) is 28.3. The summed E-state index contributed by atoms with van der Waals surface area (Å²) in [6.07, 6.45) is 24.2. The number of hydrogen-bond acceptors (Lipinski definition) is 6. The minimum absolute atomic E-state index is 0.0144. The lowest BCUT2D eigenvalue weighted by atomic mass is 10.0. The molecular weight excluding hydrogens is 551 g/mol. The molecule has 0 aliphatic heterocycles. The van der Waals surface area contributed by atoms with Gasteiger partial charge in [-0.1, -0.05) is 136 Å². The SMILES string of the molecule is CCCCCCCCCCCCCCCCCC(=O)NC(COP(=O)([O-])OCC[N+](C)(C)C)C(O)CCCCCCC. The van der Waals surface area contributed by atoms with Gasteiger partial charge in [0.05, 0.1) is 39.9 Å². The molecule has 0 heterocycles. The summed E-state index contributed by atoms with van der Waals surface area (Å²) in [5.74, 6) is -0.171. The number of nitrogens with zero attached hydrogens (tertiary/aromatic N) is 1. The Morgan fingerprint density at radius 2 is 1.17 bits per heavy atom. The smallest absolute Gasteiger partial charge is 0.268 e. The van der Waals surface area contributed by atoms with Gasteiger partial charge in [0, 0.05) is 6.42 Å². The summed E-state index contributed by atoms with van der Waals surface area (Å²) in [7, 11) is 1.30. The highest BCUT2D eigenvalue weighted by molar-refractivity contribution is 7.45. The lowest BCUT2D eigenvalue weighted by molar-refractivity contribution is -0.870. The molecule has 0 saturated carbocycles. The molecule has 0 rings (SSSR count). The van der Waals surface area contributed by atoms with Crippen LogP contribution < -0.4 is 10.2 Å². The van der Waals surface area contributed by atoms with E-state index in [2.05, 4.69) is 19.2 Å². The highest BCUT2D eigenvalue weighted by atomic mass is 31.2. The van der Waals surface area contributed by atoms with Crippen molar-refractivity contribution in [1.82, 2.24) is 5.32 Å². The molecule has 0 aliphatic rings. The summed E-state index contributed by atoms with van der Waals surface area (Å²) < 4.78 is 22.9. The number of amides is 1. The van der Waals surface area contributed by atoms with Crippen molar-refractivity contribution in [2.75, 3.05) is 40.9 Å². The van der Waals surface area contributed by atoms with Crippen molar-refractivity contribution in [2.24, 2.45) is 0 Å². The van der Waals surface area contributed by atoms with E-state index in [1.54, 1.807) is 0 Å². The quantitative estimate of drug-likeness (QED) is 0.0468. The summed E-state index contributed by atoms with van der Waals surface area (Å²) in [5.41, 5.74) is 0. The predicted molar refractivity (Wildman–Crippen MR) is 173 cm³/mol. The molecule has 3 atom stereocenters. The van der Waals surface area contributed by atoms with Crippen LogP contribution in [0.15, 0.2) is 0 Å². The van der Waals surface area contributed by atoms with Crippen LogP contribution in [0, 0.1) is 0 Å². The molecule has 0 radical (unpaired) electrons. The van der Waals surface area contributed by atoms with Gasteiger partial charge >= 0.3 is 0 Å². The van der Waals surface area contributed by atoms with Crippen LogP contribution in [-0.2, 0) is 18.4 Å². The molecule has 1 amide bonds. The van der Waals surface area contributed by atoms with Crippen LogP contribution in [0.2, 0.25) is 0 Å². The Labute approximate surface area is 259 Å². The lowest BCUT2D eigenvalue weighted by Gasteiger charge is -2.30. The second-order valence-corrected chi connectivity index (χ2v) is 14.6. The summed E-state index contributed by atoms with van der Waals surface area (Å²) in [6.45, 7) is 4.61. The fraction of sp³-hybridized carbons (Fsp3) is 0.970. The van der Waals surface area contributed by atoms with Crippen molar-refractivity contribution in [3.8, 4) is 0 Å². The van der Waals surface area contributed by atoms with Gasteiger partial charge in [0.15, 0.2) is 0 Å². The number of aliphatic hydroxyl groups excluding tert-OH is 1. The molecule has 0 bridgehead atoms. The molecule has 0 aromatic rings. The number of aliphatic hydroxyl groups is 1. The maximum atomic E-state index is 12.7. The Kier molecular flexibility index (Phi) is 26.5. The van der Waals surface area contributed by atoms with Gasteiger partial charge in [0.2, 0.25) is 5.91 Å². The molecule has 9 heteroatoms. The fourth-order valence-electron chi connectivity index (χ4n) is 4.98. The van der Waals surface area contributed by atoms with E-state index in [1.807, 2.05) is 21.1 Å².